The fourth-order valence-corrected chi connectivity index (χ4v) is 2.17. The molecule has 0 aromatic heterocycles. The summed E-state index contributed by atoms with van der Waals surface area (Å²) < 4.78 is 11.2. The highest BCUT2D eigenvalue weighted by atomic mass is 35.5. The Balaban J connectivity index is 2.40. The molecular weight excluding hydrogens is 307 g/mol. The maximum atomic E-state index is 6.02. The zero-order valence-electron chi connectivity index (χ0n) is 11.2. The van der Waals surface area contributed by atoms with E-state index in [0.717, 1.165) is 6.42 Å². The van der Waals surface area contributed by atoms with Crippen LogP contribution in [0.15, 0.2) is 12.1 Å². The molecule has 1 aromatic rings. The van der Waals surface area contributed by atoms with Gasteiger partial charge in [0, 0.05) is 6.07 Å². The van der Waals surface area contributed by atoms with Gasteiger partial charge >= 0.3 is 0 Å². The molecule has 0 heterocycles. The first kappa shape index (κ1) is 16.9. The maximum absolute atomic E-state index is 6.02. The highest BCUT2D eigenvalue weighted by Crippen LogP contribution is 2.34. The van der Waals surface area contributed by atoms with E-state index in [9.17, 15) is 0 Å². The SMILES string of the molecule is CCCCCCOC(C)Oc1cc(Cl)c(Cl)cc1Cl. The predicted molar refractivity (Wildman–Crippen MR) is 81.7 cm³/mol. The summed E-state index contributed by atoms with van der Waals surface area (Å²) in [5.74, 6) is 0.483. The molecule has 1 atom stereocenters. The van der Waals surface area contributed by atoms with Crippen LogP contribution in [0, 0.1) is 0 Å². The summed E-state index contributed by atoms with van der Waals surface area (Å²) in [7, 11) is 0. The fraction of sp³-hybridized carbons (Fsp3) is 0.571. The van der Waals surface area contributed by atoms with Crippen molar-refractivity contribution in [1.82, 2.24) is 0 Å². The van der Waals surface area contributed by atoms with Gasteiger partial charge in [-0.3, -0.25) is 0 Å². The fourth-order valence-electron chi connectivity index (χ4n) is 1.59. The average molecular weight is 326 g/mol. The lowest BCUT2D eigenvalue weighted by Crippen LogP contribution is -2.17. The van der Waals surface area contributed by atoms with Crippen molar-refractivity contribution >= 4 is 34.8 Å². The van der Waals surface area contributed by atoms with Crippen LogP contribution in [0.1, 0.15) is 39.5 Å². The molecule has 0 N–H and O–H groups in total. The first-order valence-corrected chi connectivity index (χ1v) is 7.60. The smallest absolute Gasteiger partial charge is 0.197 e. The maximum Gasteiger partial charge on any atom is 0.197 e. The minimum atomic E-state index is -0.364. The predicted octanol–water partition coefficient (Wildman–Crippen LogP) is 5.97. The Kier molecular flexibility index (Phi) is 7.93. The largest absolute Gasteiger partial charge is 0.464 e. The van der Waals surface area contributed by atoms with Gasteiger partial charge in [0.1, 0.15) is 5.75 Å². The van der Waals surface area contributed by atoms with Gasteiger partial charge in [-0.15, -0.1) is 0 Å². The summed E-state index contributed by atoms with van der Waals surface area (Å²) in [6.45, 7) is 4.69. The van der Waals surface area contributed by atoms with Crippen molar-refractivity contribution in [3.8, 4) is 5.75 Å². The molecule has 0 spiro atoms. The van der Waals surface area contributed by atoms with Crippen molar-refractivity contribution in [2.45, 2.75) is 45.8 Å². The number of unbranched alkanes of at least 4 members (excludes halogenated alkanes) is 3. The van der Waals surface area contributed by atoms with E-state index in [2.05, 4.69) is 6.92 Å². The minimum absolute atomic E-state index is 0.364. The van der Waals surface area contributed by atoms with Crippen LogP contribution in [0.4, 0.5) is 0 Å². The third-order valence-electron chi connectivity index (χ3n) is 2.62. The lowest BCUT2D eigenvalue weighted by molar-refractivity contribution is -0.0676. The van der Waals surface area contributed by atoms with Gasteiger partial charge in [0.05, 0.1) is 21.7 Å². The lowest BCUT2D eigenvalue weighted by Gasteiger charge is -2.16. The standard InChI is InChI=1S/C14H19Cl3O2/c1-3-4-5-6-7-18-10(2)19-14-9-12(16)11(15)8-13(14)17/h8-10H,3-7H2,1-2H3. The number of halogens is 3. The van der Waals surface area contributed by atoms with E-state index in [4.69, 9.17) is 44.3 Å². The summed E-state index contributed by atoms with van der Waals surface area (Å²) in [6, 6.07) is 3.16. The molecule has 0 saturated heterocycles. The van der Waals surface area contributed by atoms with Gasteiger partial charge in [-0.05, 0) is 19.4 Å². The van der Waals surface area contributed by atoms with Crippen molar-refractivity contribution < 1.29 is 9.47 Å². The van der Waals surface area contributed by atoms with Crippen LogP contribution in [0.5, 0.6) is 5.75 Å². The molecule has 5 heteroatoms. The average Bonchev–Trinajstić information content (AvgIpc) is 2.35. The van der Waals surface area contributed by atoms with Crippen LogP contribution in [0.2, 0.25) is 15.1 Å². The van der Waals surface area contributed by atoms with E-state index in [1.807, 2.05) is 6.92 Å². The number of ether oxygens (including phenoxy) is 2. The molecule has 0 aliphatic rings. The monoisotopic (exact) mass is 324 g/mol. The molecule has 0 fully saturated rings. The van der Waals surface area contributed by atoms with Crippen LogP contribution in [0.25, 0.3) is 0 Å². The van der Waals surface area contributed by atoms with Gasteiger partial charge in [-0.25, -0.2) is 0 Å². The molecule has 108 valence electrons. The molecule has 2 nitrogen and oxygen atoms in total. The first-order chi connectivity index (χ1) is 9.04. The first-order valence-electron chi connectivity index (χ1n) is 6.47. The van der Waals surface area contributed by atoms with E-state index in [1.165, 1.54) is 19.3 Å². The van der Waals surface area contributed by atoms with Crippen molar-refractivity contribution in [3.05, 3.63) is 27.2 Å². The Hall–Kier alpha value is -0.150. The third-order valence-corrected chi connectivity index (χ3v) is 3.64. The van der Waals surface area contributed by atoms with E-state index in [-0.39, 0.29) is 6.29 Å². The summed E-state index contributed by atoms with van der Waals surface area (Å²) in [5, 5.41) is 1.25. The van der Waals surface area contributed by atoms with Crippen molar-refractivity contribution in [3.63, 3.8) is 0 Å². The van der Waals surface area contributed by atoms with Crippen molar-refractivity contribution in [2.75, 3.05) is 6.61 Å². The van der Waals surface area contributed by atoms with Crippen molar-refractivity contribution in [2.24, 2.45) is 0 Å². The zero-order valence-corrected chi connectivity index (χ0v) is 13.5. The third kappa shape index (κ3) is 6.22. The van der Waals surface area contributed by atoms with Crippen LogP contribution in [-0.4, -0.2) is 12.9 Å². The molecule has 1 unspecified atom stereocenters. The molecule has 0 radical (unpaired) electrons. The molecule has 0 aliphatic carbocycles. The second kappa shape index (κ2) is 8.91. The van der Waals surface area contributed by atoms with E-state index in [1.54, 1.807) is 12.1 Å². The Morgan fingerprint density at radius 1 is 1.00 bits per heavy atom. The van der Waals surface area contributed by atoms with Crippen LogP contribution in [0.3, 0.4) is 0 Å². The van der Waals surface area contributed by atoms with Gasteiger partial charge in [0.25, 0.3) is 0 Å². The molecule has 1 rings (SSSR count). The quantitative estimate of drug-likeness (QED) is 0.333. The highest BCUT2D eigenvalue weighted by Gasteiger charge is 2.10. The molecule has 0 aliphatic heterocycles. The van der Waals surface area contributed by atoms with E-state index < -0.39 is 0 Å². The molecule has 0 bridgehead atoms. The number of rotatable bonds is 8. The number of hydrogen-bond acceptors (Lipinski definition) is 2. The molecule has 0 saturated carbocycles. The van der Waals surface area contributed by atoms with Gasteiger partial charge in [0.15, 0.2) is 6.29 Å². The summed E-state index contributed by atoms with van der Waals surface area (Å²) in [4.78, 5) is 0. The normalized spacial score (nSPS) is 12.5. The number of hydrogen-bond donors (Lipinski definition) is 0. The van der Waals surface area contributed by atoms with Crippen LogP contribution < -0.4 is 4.74 Å². The van der Waals surface area contributed by atoms with Gasteiger partial charge in [0.2, 0.25) is 0 Å². The Morgan fingerprint density at radius 3 is 2.37 bits per heavy atom. The zero-order chi connectivity index (χ0) is 14.3. The van der Waals surface area contributed by atoms with Crippen molar-refractivity contribution in [1.29, 1.82) is 0 Å². The molecule has 1 aromatic carbocycles. The highest BCUT2D eigenvalue weighted by molar-refractivity contribution is 6.43. The summed E-state index contributed by atoms with van der Waals surface area (Å²) >= 11 is 17.8. The summed E-state index contributed by atoms with van der Waals surface area (Å²) in [6.07, 6.45) is 4.30. The second-order valence-electron chi connectivity index (χ2n) is 4.31. The second-order valence-corrected chi connectivity index (χ2v) is 5.54. The summed E-state index contributed by atoms with van der Waals surface area (Å²) in [5.41, 5.74) is 0. The Labute approximate surface area is 129 Å². The Morgan fingerprint density at radius 2 is 1.68 bits per heavy atom. The van der Waals surface area contributed by atoms with Gasteiger partial charge in [-0.2, -0.15) is 0 Å². The molecule has 0 amide bonds. The lowest BCUT2D eigenvalue weighted by atomic mass is 10.2. The van der Waals surface area contributed by atoms with E-state index >= 15 is 0 Å². The van der Waals surface area contributed by atoms with Gasteiger partial charge in [-0.1, -0.05) is 61.0 Å². The van der Waals surface area contributed by atoms with E-state index in [0.29, 0.717) is 27.4 Å². The number of benzene rings is 1. The minimum Gasteiger partial charge on any atom is -0.464 e. The molecular formula is C14H19Cl3O2. The molecule has 19 heavy (non-hydrogen) atoms. The van der Waals surface area contributed by atoms with Crippen LogP contribution in [-0.2, 0) is 4.74 Å². The van der Waals surface area contributed by atoms with Gasteiger partial charge < -0.3 is 9.47 Å². The van der Waals surface area contributed by atoms with Crippen LogP contribution >= 0.6 is 34.8 Å². The Bertz CT molecular complexity index is 397. The topological polar surface area (TPSA) is 18.5 Å².